The average molecular weight is 449 g/mol. The lowest BCUT2D eigenvalue weighted by Crippen LogP contribution is -2.31. The number of nitrogens with zero attached hydrogens (tertiary/aromatic N) is 6. The van der Waals surface area contributed by atoms with Crippen molar-refractivity contribution in [2.45, 2.75) is 12.5 Å². The molecule has 0 fully saturated rings. The highest BCUT2D eigenvalue weighted by Gasteiger charge is 2.35. The van der Waals surface area contributed by atoms with Crippen molar-refractivity contribution in [2.75, 3.05) is 6.61 Å². The monoisotopic (exact) mass is 448 g/mol. The Bertz CT molecular complexity index is 1220. The molecule has 0 N–H and O–H groups in total. The van der Waals surface area contributed by atoms with Crippen molar-refractivity contribution < 1.29 is 13.9 Å². The minimum Gasteiger partial charge on any atom is -0.484 e. The molecule has 4 aromatic rings. The quantitative estimate of drug-likeness (QED) is 0.446. The Kier molecular flexibility index (Phi) is 5.39. The van der Waals surface area contributed by atoms with Gasteiger partial charge in [-0.15, -0.1) is 5.10 Å². The second-order valence-electron chi connectivity index (χ2n) is 7.06. The summed E-state index contributed by atoms with van der Waals surface area (Å²) in [6, 6.07) is 17.8. The minimum atomic E-state index is -0.339. The van der Waals surface area contributed by atoms with E-state index in [4.69, 9.17) is 20.8 Å². The van der Waals surface area contributed by atoms with Gasteiger partial charge in [-0.25, -0.2) is 9.69 Å². The third-order valence-corrected chi connectivity index (χ3v) is 5.28. The van der Waals surface area contributed by atoms with Gasteiger partial charge in [0.1, 0.15) is 23.9 Å². The van der Waals surface area contributed by atoms with E-state index in [2.05, 4.69) is 20.6 Å². The molecule has 1 aliphatic rings. The molecule has 1 atom stereocenters. The van der Waals surface area contributed by atoms with E-state index in [1.807, 2.05) is 18.2 Å². The summed E-state index contributed by atoms with van der Waals surface area (Å²) in [4.78, 5) is 13.0. The molecule has 0 saturated heterocycles. The highest BCUT2D eigenvalue weighted by atomic mass is 35.5. The summed E-state index contributed by atoms with van der Waals surface area (Å²) in [6.45, 7) is -0.168. The highest BCUT2D eigenvalue weighted by molar-refractivity contribution is 6.30. The molecule has 5 rings (SSSR count). The summed E-state index contributed by atoms with van der Waals surface area (Å²) in [5.74, 6) is 0.933. The van der Waals surface area contributed by atoms with Gasteiger partial charge in [0.25, 0.3) is 5.91 Å². The molecule has 0 spiro atoms. The first-order valence-electron chi connectivity index (χ1n) is 9.82. The number of halogens is 1. The number of carbonyl (C=O) groups is 1. The molecule has 1 unspecified atom stereocenters. The van der Waals surface area contributed by atoms with Crippen LogP contribution in [0.3, 0.4) is 0 Å². The normalized spacial score (nSPS) is 15.6. The molecule has 0 bridgehead atoms. The largest absolute Gasteiger partial charge is 0.484 e. The fraction of sp³-hybridized carbons (Fsp3) is 0.136. The van der Waals surface area contributed by atoms with Gasteiger partial charge >= 0.3 is 0 Å². The number of ether oxygens (including phenoxy) is 1. The van der Waals surface area contributed by atoms with Crippen LogP contribution in [-0.4, -0.2) is 43.4 Å². The third-order valence-electron chi connectivity index (χ3n) is 5.03. The third kappa shape index (κ3) is 4.10. The summed E-state index contributed by atoms with van der Waals surface area (Å²) in [5, 5.41) is 17.7. The van der Waals surface area contributed by atoms with Gasteiger partial charge in [0.2, 0.25) is 0 Å². The molecule has 1 aliphatic heterocycles. The van der Waals surface area contributed by atoms with Crippen molar-refractivity contribution in [3.8, 4) is 11.4 Å². The molecule has 0 radical (unpaired) electrons. The van der Waals surface area contributed by atoms with Crippen LogP contribution in [0.1, 0.15) is 23.8 Å². The van der Waals surface area contributed by atoms with Crippen molar-refractivity contribution >= 4 is 23.2 Å². The number of hydrazone groups is 1. The maximum atomic E-state index is 13.0. The smallest absolute Gasteiger partial charge is 0.281 e. The predicted octanol–water partition coefficient (Wildman–Crippen LogP) is 3.67. The zero-order valence-corrected chi connectivity index (χ0v) is 17.5. The lowest BCUT2D eigenvalue weighted by molar-refractivity contribution is -0.135. The van der Waals surface area contributed by atoms with Gasteiger partial charge in [0, 0.05) is 11.4 Å². The Balaban J connectivity index is 1.31. The lowest BCUT2D eigenvalue weighted by atomic mass is 10.0. The van der Waals surface area contributed by atoms with Crippen LogP contribution >= 0.6 is 11.6 Å². The zero-order chi connectivity index (χ0) is 21.9. The Morgan fingerprint density at radius 2 is 1.94 bits per heavy atom. The van der Waals surface area contributed by atoms with Crippen molar-refractivity contribution in [3.63, 3.8) is 0 Å². The molecule has 0 aliphatic carbocycles. The Morgan fingerprint density at radius 3 is 2.62 bits per heavy atom. The number of aromatic nitrogens is 4. The molecular formula is C22H17ClN6O3. The van der Waals surface area contributed by atoms with Crippen LogP contribution in [0.15, 0.2) is 82.8 Å². The summed E-state index contributed by atoms with van der Waals surface area (Å²) < 4.78 is 12.8. The number of benzene rings is 2. The fourth-order valence-electron chi connectivity index (χ4n) is 3.45. The first kappa shape index (κ1) is 20.0. The van der Waals surface area contributed by atoms with Gasteiger partial charge in [0.15, 0.2) is 6.61 Å². The molecular weight excluding hydrogens is 432 g/mol. The highest BCUT2D eigenvalue weighted by Crippen LogP contribution is 2.33. The summed E-state index contributed by atoms with van der Waals surface area (Å²) in [7, 11) is 0. The maximum absolute atomic E-state index is 13.0. The number of furan rings is 1. The molecule has 10 heteroatoms. The maximum Gasteiger partial charge on any atom is 0.281 e. The Labute approximate surface area is 187 Å². The predicted molar refractivity (Wildman–Crippen MR) is 116 cm³/mol. The second kappa shape index (κ2) is 8.64. The first-order valence-corrected chi connectivity index (χ1v) is 10.2. The van der Waals surface area contributed by atoms with E-state index in [0.29, 0.717) is 23.0 Å². The van der Waals surface area contributed by atoms with E-state index in [1.165, 1.54) is 16.0 Å². The topological polar surface area (TPSA) is 98.6 Å². The molecule has 1 amide bonds. The van der Waals surface area contributed by atoms with Gasteiger partial charge in [-0.2, -0.15) is 5.10 Å². The molecule has 3 heterocycles. The van der Waals surface area contributed by atoms with Gasteiger partial charge in [0.05, 0.1) is 17.7 Å². The van der Waals surface area contributed by atoms with Crippen LogP contribution in [0.25, 0.3) is 5.69 Å². The molecule has 2 aromatic heterocycles. The zero-order valence-electron chi connectivity index (χ0n) is 16.7. The number of carbonyl (C=O) groups excluding carboxylic acids is 1. The summed E-state index contributed by atoms with van der Waals surface area (Å²) in [5.41, 5.74) is 2.46. The number of amides is 1. The van der Waals surface area contributed by atoms with Gasteiger partial charge in [-0.3, -0.25) is 4.79 Å². The molecule has 2 aromatic carbocycles. The number of hydrogen-bond acceptors (Lipinski definition) is 7. The van der Waals surface area contributed by atoms with Crippen LogP contribution in [0.2, 0.25) is 5.02 Å². The summed E-state index contributed by atoms with van der Waals surface area (Å²) >= 11 is 6.00. The van der Waals surface area contributed by atoms with E-state index in [9.17, 15) is 4.79 Å². The van der Waals surface area contributed by atoms with E-state index in [1.54, 1.807) is 48.7 Å². The molecule has 9 nitrogen and oxygen atoms in total. The molecule has 32 heavy (non-hydrogen) atoms. The Morgan fingerprint density at radius 1 is 1.12 bits per heavy atom. The average Bonchev–Trinajstić information content (AvgIpc) is 3.59. The standard InChI is InChI=1S/C22H17ClN6O3/c23-16-5-3-15(4-6-16)19-12-20(21-2-1-11-31-21)29(25-19)22(30)13-32-18-9-7-17(8-10-18)28-14-24-26-27-28/h1-11,14,20H,12-13H2. The number of tetrazole rings is 1. The van der Waals surface area contributed by atoms with Crippen LogP contribution < -0.4 is 4.74 Å². The van der Waals surface area contributed by atoms with E-state index >= 15 is 0 Å². The van der Waals surface area contributed by atoms with Crippen LogP contribution in [0.4, 0.5) is 0 Å². The lowest BCUT2D eigenvalue weighted by Gasteiger charge is -2.20. The second-order valence-corrected chi connectivity index (χ2v) is 7.50. The van der Waals surface area contributed by atoms with Gasteiger partial charge in [-0.1, -0.05) is 23.7 Å². The molecule has 160 valence electrons. The van der Waals surface area contributed by atoms with Gasteiger partial charge < -0.3 is 9.15 Å². The number of rotatable bonds is 6. The number of hydrogen-bond donors (Lipinski definition) is 0. The van der Waals surface area contributed by atoms with Crippen molar-refractivity contribution in [1.82, 2.24) is 25.2 Å². The van der Waals surface area contributed by atoms with Crippen LogP contribution in [-0.2, 0) is 4.79 Å². The van der Waals surface area contributed by atoms with Crippen molar-refractivity contribution in [1.29, 1.82) is 0 Å². The fourth-order valence-corrected chi connectivity index (χ4v) is 3.57. The van der Waals surface area contributed by atoms with Gasteiger partial charge in [-0.05, 0) is 64.5 Å². The summed E-state index contributed by atoms with van der Waals surface area (Å²) in [6.07, 6.45) is 3.61. The Hall–Kier alpha value is -3.98. The van der Waals surface area contributed by atoms with E-state index in [0.717, 1.165) is 17.0 Å². The first-order chi connectivity index (χ1) is 15.7. The van der Waals surface area contributed by atoms with Crippen LogP contribution in [0, 0.1) is 0 Å². The van der Waals surface area contributed by atoms with Crippen molar-refractivity contribution in [2.24, 2.45) is 5.10 Å². The van der Waals surface area contributed by atoms with Crippen LogP contribution in [0.5, 0.6) is 5.75 Å². The van der Waals surface area contributed by atoms with Crippen molar-refractivity contribution in [3.05, 3.63) is 89.6 Å². The molecule has 0 saturated carbocycles. The van der Waals surface area contributed by atoms with E-state index < -0.39 is 0 Å². The SMILES string of the molecule is O=C(COc1ccc(-n2cnnn2)cc1)N1N=C(c2ccc(Cl)cc2)CC1c1ccco1. The minimum absolute atomic E-state index is 0.168. The van der Waals surface area contributed by atoms with E-state index in [-0.39, 0.29) is 18.6 Å².